The third-order valence-corrected chi connectivity index (χ3v) is 3.51. The van der Waals surface area contributed by atoms with Crippen molar-refractivity contribution in [3.05, 3.63) is 35.5 Å². The summed E-state index contributed by atoms with van der Waals surface area (Å²) < 4.78 is 0. The van der Waals surface area contributed by atoms with Gasteiger partial charge in [-0.2, -0.15) is 0 Å². The predicted octanol–water partition coefficient (Wildman–Crippen LogP) is 3.10. The summed E-state index contributed by atoms with van der Waals surface area (Å²) >= 11 is 1.54. The molecule has 3 aromatic rings. The first-order valence-electron chi connectivity index (χ1n) is 5.63. The van der Waals surface area contributed by atoms with Gasteiger partial charge in [0.15, 0.2) is 5.82 Å². The van der Waals surface area contributed by atoms with E-state index in [1.807, 2.05) is 13.1 Å². The molecule has 2 heterocycles. The molecular weight excluding hydrogens is 244 g/mol. The number of hydrogen-bond acceptors (Lipinski definition) is 5. The molecule has 90 valence electrons. The molecule has 0 aliphatic heterocycles. The average Bonchev–Trinajstić information content (AvgIpc) is 2.91. The summed E-state index contributed by atoms with van der Waals surface area (Å²) in [6.07, 6.45) is 1.79. The molecule has 0 fully saturated rings. The molecule has 0 unspecified atom stereocenters. The minimum Gasteiger partial charge on any atom is -0.373 e. The molecule has 1 N–H and O–H groups in total. The van der Waals surface area contributed by atoms with E-state index < -0.39 is 0 Å². The van der Waals surface area contributed by atoms with E-state index in [4.69, 9.17) is 0 Å². The van der Waals surface area contributed by atoms with Crippen molar-refractivity contribution in [2.24, 2.45) is 0 Å². The zero-order chi connectivity index (χ0) is 12.5. The minimum absolute atomic E-state index is 0.721. The molecule has 0 radical (unpaired) electrons. The van der Waals surface area contributed by atoms with Gasteiger partial charge in [0, 0.05) is 18.6 Å². The van der Waals surface area contributed by atoms with Crippen molar-refractivity contribution in [3.8, 4) is 10.7 Å². The van der Waals surface area contributed by atoms with Gasteiger partial charge < -0.3 is 5.32 Å². The maximum atomic E-state index is 4.59. The van der Waals surface area contributed by atoms with Gasteiger partial charge in [-0.3, -0.25) is 4.98 Å². The van der Waals surface area contributed by atoms with E-state index in [1.165, 1.54) is 5.56 Å². The van der Waals surface area contributed by atoms with E-state index in [2.05, 4.69) is 39.3 Å². The van der Waals surface area contributed by atoms with E-state index in [-0.39, 0.29) is 0 Å². The van der Waals surface area contributed by atoms with Gasteiger partial charge >= 0.3 is 0 Å². The van der Waals surface area contributed by atoms with Gasteiger partial charge in [-0.15, -0.1) is 11.3 Å². The molecule has 0 spiro atoms. The van der Waals surface area contributed by atoms with Crippen LogP contribution in [0.4, 0.5) is 5.82 Å². The van der Waals surface area contributed by atoms with E-state index in [9.17, 15) is 0 Å². The zero-order valence-corrected chi connectivity index (χ0v) is 11.0. The van der Waals surface area contributed by atoms with Crippen LogP contribution in [0.3, 0.4) is 0 Å². The second-order valence-corrected chi connectivity index (χ2v) is 4.92. The van der Waals surface area contributed by atoms with Crippen molar-refractivity contribution in [3.63, 3.8) is 0 Å². The highest BCUT2D eigenvalue weighted by Crippen LogP contribution is 2.26. The maximum absolute atomic E-state index is 4.59. The van der Waals surface area contributed by atoms with Gasteiger partial charge in [0.2, 0.25) is 0 Å². The number of hydrogen-bond donors (Lipinski definition) is 1. The number of thiazole rings is 1. The molecule has 0 aliphatic rings. The smallest absolute Gasteiger partial charge is 0.173 e. The lowest BCUT2D eigenvalue weighted by Gasteiger charge is -2.07. The van der Waals surface area contributed by atoms with Crippen molar-refractivity contribution in [2.75, 3.05) is 12.4 Å². The first-order chi connectivity index (χ1) is 8.78. The van der Waals surface area contributed by atoms with E-state index in [0.29, 0.717) is 0 Å². The van der Waals surface area contributed by atoms with Crippen LogP contribution in [-0.2, 0) is 0 Å². The number of aromatic nitrogens is 3. The number of rotatable bonds is 2. The number of benzene rings is 1. The van der Waals surface area contributed by atoms with Gasteiger partial charge in [0.05, 0.1) is 15.9 Å². The van der Waals surface area contributed by atoms with Gasteiger partial charge in [-0.05, 0) is 19.1 Å². The Morgan fingerprint density at radius 3 is 2.83 bits per heavy atom. The summed E-state index contributed by atoms with van der Waals surface area (Å²) in [6.45, 7) is 2.07. The molecule has 0 amide bonds. The molecule has 5 heteroatoms. The highest BCUT2D eigenvalue weighted by atomic mass is 32.1. The molecule has 0 saturated carbocycles. The Morgan fingerprint density at radius 2 is 2.11 bits per heavy atom. The normalized spacial score (nSPS) is 10.8. The molecule has 2 aromatic heterocycles. The van der Waals surface area contributed by atoms with E-state index in [0.717, 1.165) is 27.4 Å². The number of anilines is 1. The highest BCUT2D eigenvalue weighted by Gasteiger charge is 2.09. The molecule has 4 nitrogen and oxygen atoms in total. The van der Waals surface area contributed by atoms with Crippen LogP contribution in [0.1, 0.15) is 5.56 Å². The number of aryl methyl sites for hydroxylation is 1. The molecule has 0 bridgehead atoms. The standard InChI is InChI=1S/C13H12N4S/c1-8-3-4-10-9(5-8)12(14-2)17-13(16-10)11-6-15-7-18-11/h3-7H,1-2H3,(H,14,16,17). The predicted molar refractivity (Wildman–Crippen MR) is 74.9 cm³/mol. The lowest BCUT2D eigenvalue weighted by molar-refractivity contribution is 1.22. The SMILES string of the molecule is CNc1nc(-c2cncs2)nc2ccc(C)cc12. The molecule has 1 aromatic carbocycles. The molecular formula is C13H12N4S. The Bertz CT molecular complexity index is 692. The van der Waals surface area contributed by atoms with Crippen LogP contribution >= 0.6 is 11.3 Å². The number of nitrogens with one attached hydrogen (secondary N) is 1. The van der Waals surface area contributed by atoms with Crippen LogP contribution in [0, 0.1) is 6.92 Å². The number of nitrogens with zero attached hydrogens (tertiary/aromatic N) is 3. The summed E-state index contributed by atoms with van der Waals surface area (Å²) in [5, 5.41) is 4.18. The Kier molecular flexibility index (Phi) is 2.68. The summed E-state index contributed by atoms with van der Waals surface area (Å²) in [5.74, 6) is 1.57. The third kappa shape index (κ3) is 1.82. The van der Waals surface area contributed by atoms with Crippen molar-refractivity contribution < 1.29 is 0 Å². The van der Waals surface area contributed by atoms with Crippen LogP contribution in [0.2, 0.25) is 0 Å². The topological polar surface area (TPSA) is 50.7 Å². The maximum Gasteiger partial charge on any atom is 0.173 e. The molecule has 0 atom stereocenters. The summed E-state index contributed by atoms with van der Waals surface area (Å²) in [6, 6.07) is 6.18. The first kappa shape index (κ1) is 11.1. The molecule has 18 heavy (non-hydrogen) atoms. The van der Waals surface area contributed by atoms with E-state index in [1.54, 1.807) is 23.0 Å². The Hall–Kier alpha value is -2.01. The first-order valence-corrected chi connectivity index (χ1v) is 6.51. The van der Waals surface area contributed by atoms with Crippen molar-refractivity contribution in [1.82, 2.24) is 15.0 Å². The van der Waals surface area contributed by atoms with Crippen LogP contribution in [-0.4, -0.2) is 22.0 Å². The fourth-order valence-corrected chi connectivity index (χ4v) is 2.42. The molecule has 0 saturated heterocycles. The second kappa shape index (κ2) is 4.34. The largest absolute Gasteiger partial charge is 0.373 e. The van der Waals surface area contributed by atoms with Gasteiger partial charge in [0.25, 0.3) is 0 Å². The Labute approximate surface area is 109 Å². The quantitative estimate of drug-likeness (QED) is 0.765. The second-order valence-electron chi connectivity index (χ2n) is 4.03. The zero-order valence-electron chi connectivity index (χ0n) is 10.1. The number of fused-ring (bicyclic) bond motifs is 1. The van der Waals surface area contributed by atoms with Crippen LogP contribution in [0.15, 0.2) is 29.9 Å². The Morgan fingerprint density at radius 1 is 1.22 bits per heavy atom. The van der Waals surface area contributed by atoms with Crippen LogP contribution in [0.25, 0.3) is 21.6 Å². The van der Waals surface area contributed by atoms with Crippen LogP contribution in [0.5, 0.6) is 0 Å². The van der Waals surface area contributed by atoms with Crippen LogP contribution < -0.4 is 5.32 Å². The van der Waals surface area contributed by atoms with Gasteiger partial charge in [0.1, 0.15) is 5.82 Å². The third-order valence-electron chi connectivity index (χ3n) is 2.74. The van der Waals surface area contributed by atoms with Crippen molar-refractivity contribution >= 4 is 28.1 Å². The molecule has 0 aliphatic carbocycles. The Balaban J connectivity index is 2.28. The fourth-order valence-electron chi connectivity index (χ4n) is 1.87. The van der Waals surface area contributed by atoms with Gasteiger partial charge in [-0.1, -0.05) is 11.6 Å². The summed E-state index contributed by atoms with van der Waals surface area (Å²) in [4.78, 5) is 14.2. The van der Waals surface area contributed by atoms with Crippen molar-refractivity contribution in [2.45, 2.75) is 6.92 Å². The fraction of sp³-hybridized carbons (Fsp3) is 0.154. The lowest BCUT2D eigenvalue weighted by atomic mass is 10.1. The summed E-state index contributed by atoms with van der Waals surface area (Å²) in [7, 11) is 1.88. The summed E-state index contributed by atoms with van der Waals surface area (Å²) in [5.41, 5.74) is 3.94. The molecule has 3 rings (SSSR count). The van der Waals surface area contributed by atoms with Crippen molar-refractivity contribution in [1.29, 1.82) is 0 Å². The van der Waals surface area contributed by atoms with E-state index >= 15 is 0 Å². The highest BCUT2D eigenvalue weighted by molar-refractivity contribution is 7.13. The minimum atomic E-state index is 0.721. The lowest BCUT2D eigenvalue weighted by Crippen LogP contribution is -1.98. The monoisotopic (exact) mass is 256 g/mol. The van der Waals surface area contributed by atoms with Gasteiger partial charge in [-0.25, -0.2) is 9.97 Å². The average molecular weight is 256 g/mol.